The number of ketones is 2. The molecule has 2 aliphatic carbocycles. The van der Waals surface area contributed by atoms with E-state index in [4.69, 9.17) is 28.4 Å². The van der Waals surface area contributed by atoms with Crippen molar-refractivity contribution < 1.29 is 73.4 Å². The monoisotopic (exact) mass is 886 g/mol. The van der Waals surface area contributed by atoms with Crippen LogP contribution in [0.4, 0.5) is 0 Å². The summed E-state index contributed by atoms with van der Waals surface area (Å²) in [7, 11) is 6.82. The Morgan fingerprint density at radius 3 is 1.85 bits per heavy atom. The van der Waals surface area contributed by atoms with Gasteiger partial charge in [0.05, 0.1) is 86.2 Å². The first-order chi connectivity index (χ1) is 30.7. The lowest BCUT2D eigenvalue weighted by Crippen LogP contribution is -2.40. The molecule has 0 bridgehead atoms. The van der Waals surface area contributed by atoms with E-state index in [1.807, 2.05) is 0 Å². The summed E-state index contributed by atoms with van der Waals surface area (Å²) in [5, 5.41) is 74.8. The highest BCUT2D eigenvalue weighted by Crippen LogP contribution is 2.61. The summed E-state index contributed by atoms with van der Waals surface area (Å²) in [5.74, 6) is -3.72. The van der Waals surface area contributed by atoms with E-state index in [0.29, 0.717) is 11.1 Å². The maximum atomic E-state index is 14.8. The molecule has 65 heavy (non-hydrogen) atoms. The summed E-state index contributed by atoms with van der Waals surface area (Å²) in [6.45, 7) is 4.55. The third kappa shape index (κ3) is 6.31. The van der Waals surface area contributed by atoms with Crippen LogP contribution in [0.25, 0.3) is 32.7 Å². The van der Waals surface area contributed by atoms with Crippen LogP contribution in [0.3, 0.4) is 0 Å². The number of methoxy groups -OCH3 is 5. The van der Waals surface area contributed by atoms with Crippen LogP contribution in [0, 0.1) is 6.92 Å². The van der Waals surface area contributed by atoms with Crippen LogP contribution < -0.4 is 28.4 Å². The summed E-state index contributed by atoms with van der Waals surface area (Å²) < 4.78 is 35.4. The molecule has 0 aromatic heterocycles. The van der Waals surface area contributed by atoms with Crippen molar-refractivity contribution in [2.45, 2.75) is 63.3 Å². The molecule has 1 heterocycles. The van der Waals surface area contributed by atoms with Crippen LogP contribution in [-0.4, -0.2) is 94.9 Å². The molecule has 3 aliphatic rings. The van der Waals surface area contributed by atoms with Crippen molar-refractivity contribution in [1.29, 1.82) is 0 Å². The van der Waals surface area contributed by atoms with E-state index in [0.717, 1.165) is 0 Å². The Balaban J connectivity index is 1.58. The number of aryl methyl sites for hydroxylation is 1. The Morgan fingerprint density at radius 1 is 0.585 bits per heavy atom. The van der Waals surface area contributed by atoms with Gasteiger partial charge in [0.2, 0.25) is 5.78 Å². The lowest BCUT2D eigenvalue weighted by molar-refractivity contribution is -0.139. The predicted octanol–water partition coefficient (Wildman–Crippen LogP) is 6.44. The molecule has 0 saturated heterocycles. The molecule has 0 spiro atoms. The van der Waals surface area contributed by atoms with Crippen molar-refractivity contribution in [2.24, 2.45) is 0 Å². The normalized spacial score (nSPS) is 21.2. The zero-order valence-electron chi connectivity index (χ0n) is 36.8. The average molecular weight is 887 g/mol. The number of carbonyl (C=O) groups excluding carboxylic acids is 3. The summed E-state index contributed by atoms with van der Waals surface area (Å²) >= 11 is 0. The van der Waals surface area contributed by atoms with Crippen molar-refractivity contribution >= 4 is 39.1 Å². The molecular weight excluding hydrogens is 841 g/mol. The number of ether oxygens (including phenoxy) is 6. The van der Waals surface area contributed by atoms with Gasteiger partial charge in [-0.2, -0.15) is 0 Å². The average Bonchev–Trinajstić information content (AvgIpc) is 3.27. The highest BCUT2D eigenvalue weighted by atomic mass is 16.5. The lowest BCUT2D eigenvalue weighted by atomic mass is 9.66. The van der Waals surface area contributed by atoms with Gasteiger partial charge in [-0.15, -0.1) is 0 Å². The SMILES string of the molecule is COc1cc(OC)c2c(c1)C(O)(c1c3c(c(O)c4c(OC)cc(OC)cc14)-c1c(OC)cc4cc5c(c(O)c4c1OC(=O)CC(C)(O)C3)C(=O)CC(C)(O)C5)c1cc(C)cc(O)c1C2=O. The van der Waals surface area contributed by atoms with Gasteiger partial charge in [-0.25, -0.2) is 0 Å². The van der Waals surface area contributed by atoms with Gasteiger partial charge in [-0.3, -0.25) is 14.4 Å². The van der Waals surface area contributed by atoms with E-state index in [9.17, 15) is 45.0 Å². The molecule has 3 atom stereocenters. The van der Waals surface area contributed by atoms with Gasteiger partial charge >= 0.3 is 5.97 Å². The lowest BCUT2D eigenvalue weighted by Gasteiger charge is -2.40. The van der Waals surface area contributed by atoms with E-state index >= 15 is 0 Å². The second kappa shape index (κ2) is 14.7. The standard InChI is InChI=1S/C50H46O15/c1-21-9-28-40(30(51)10-21)46(56)41-29(14-25(61-5)16-34(41)64-8)50(28,59)43-26-13-24(60-4)15-33(63-7)38(26)45(55)39-27(43)18-49(3,58)20-35(53)65-47-37-22(12-32(62-6)42(39)47)11-23-17-48(2,57)19-31(52)36(23)44(37)54/h9-16,51,54-55,57-59H,17-20H2,1-8H3. The number of aromatic hydroxyl groups is 3. The van der Waals surface area contributed by atoms with Crippen LogP contribution in [0.2, 0.25) is 0 Å². The van der Waals surface area contributed by atoms with Crippen LogP contribution >= 0.6 is 0 Å². The quantitative estimate of drug-likeness (QED) is 0.0782. The van der Waals surface area contributed by atoms with E-state index in [1.165, 1.54) is 85.8 Å². The molecule has 0 radical (unpaired) electrons. The molecule has 0 fully saturated rings. The molecule has 15 heteroatoms. The number of aliphatic hydroxyl groups is 3. The van der Waals surface area contributed by atoms with E-state index in [-0.39, 0.29) is 119 Å². The maximum absolute atomic E-state index is 14.8. The molecular formula is C50H46O15. The van der Waals surface area contributed by atoms with Gasteiger partial charge in [0, 0.05) is 53.6 Å². The minimum atomic E-state index is -2.54. The van der Waals surface area contributed by atoms with Crippen molar-refractivity contribution in [2.75, 3.05) is 35.5 Å². The second-order valence-electron chi connectivity index (χ2n) is 17.6. The van der Waals surface area contributed by atoms with E-state index in [2.05, 4.69) is 0 Å². The second-order valence-corrected chi connectivity index (χ2v) is 17.6. The summed E-state index contributed by atoms with van der Waals surface area (Å²) in [5.41, 5.74) is -6.21. The maximum Gasteiger partial charge on any atom is 0.314 e. The Labute approximate surface area is 371 Å². The van der Waals surface area contributed by atoms with Gasteiger partial charge in [-0.1, -0.05) is 6.07 Å². The Bertz CT molecular complexity index is 3130. The Kier molecular flexibility index (Phi) is 9.79. The summed E-state index contributed by atoms with van der Waals surface area (Å²) in [6.07, 6.45) is -1.48. The fourth-order valence-corrected chi connectivity index (χ4v) is 10.3. The van der Waals surface area contributed by atoms with Crippen LogP contribution in [0.15, 0.2) is 48.5 Å². The van der Waals surface area contributed by atoms with Crippen molar-refractivity contribution in [3.63, 3.8) is 0 Å². The smallest absolute Gasteiger partial charge is 0.314 e. The number of phenols is 3. The number of phenolic OH excluding ortho intramolecular Hbond substituents is 3. The first-order valence-corrected chi connectivity index (χ1v) is 20.6. The molecule has 6 N–H and O–H groups in total. The van der Waals surface area contributed by atoms with Crippen LogP contribution in [0.1, 0.15) is 86.3 Å². The predicted molar refractivity (Wildman–Crippen MR) is 236 cm³/mol. The largest absolute Gasteiger partial charge is 0.507 e. The first-order valence-electron chi connectivity index (χ1n) is 20.6. The number of fused-ring (bicyclic) bond motifs is 9. The topological polar surface area (TPSA) is 228 Å². The Morgan fingerprint density at radius 2 is 1.18 bits per heavy atom. The number of hydrogen-bond donors (Lipinski definition) is 6. The molecule has 0 amide bonds. The van der Waals surface area contributed by atoms with Gasteiger partial charge in [-0.05, 0) is 78.6 Å². The van der Waals surface area contributed by atoms with Gasteiger partial charge < -0.3 is 59.1 Å². The highest BCUT2D eigenvalue weighted by molar-refractivity contribution is 6.18. The van der Waals surface area contributed by atoms with Crippen LogP contribution in [0.5, 0.6) is 51.7 Å². The number of benzene rings is 6. The molecule has 6 aromatic carbocycles. The molecule has 336 valence electrons. The van der Waals surface area contributed by atoms with E-state index < -0.39 is 64.4 Å². The van der Waals surface area contributed by atoms with Gasteiger partial charge in [0.1, 0.15) is 51.6 Å². The zero-order valence-corrected chi connectivity index (χ0v) is 36.8. The first kappa shape index (κ1) is 43.2. The van der Waals surface area contributed by atoms with Crippen molar-refractivity contribution in [3.8, 4) is 62.9 Å². The third-order valence-corrected chi connectivity index (χ3v) is 12.8. The molecule has 15 nitrogen and oxygen atoms in total. The fraction of sp³-hybridized carbons (Fsp3) is 0.300. The molecule has 6 aromatic rings. The van der Waals surface area contributed by atoms with Crippen LogP contribution in [-0.2, 0) is 23.2 Å². The molecule has 9 rings (SSSR count). The van der Waals surface area contributed by atoms with E-state index in [1.54, 1.807) is 19.1 Å². The van der Waals surface area contributed by atoms with Crippen molar-refractivity contribution in [1.82, 2.24) is 0 Å². The number of esters is 1. The number of carbonyl (C=O) groups is 3. The number of rotatable bonds is 6. The molecule has 0 saturated carbocycles. The summed E-state index contributed by atoms with van der Waals surface area (Å²) in [4.78, 5) is 42.6. The number of Topliss-reactive ketones (excluding diaryl/α,β-unsaturated/α-hetero) is 1. The third-order valence-electron chi connectivity index (χ3n) is 12.8. The fourth-order valence-electron chi connectivity index (χ4n) is 10.3. The zero-order chi connectivity index (χ0) is 46.8. The van der Waals surface area contributed by atoms with Gasteiger partial charge in [0.15, 0.2) is 11.5 Å². The molecule has 1 aliphatic heterocycles. The Hall–Kier alpha value is -7.07. The minimum Gasteiger partial charge on any atom is -0.507 e. The van der Waals surface area contributed by atoms with Gasteiger partial charge in [0.25, 0.3) is 0 Å². The minimum absolute atomic E-state index is 0.00592. The van der Waals surface area contributed by atoms with Crippen molar-refractivity contribution in [3.05, 3.63) is 98.6 Å². The highest BCUT2D eigenvalue weighted by Gasteiger charge is 2.51. The summed E-state index contributed by atoms with van der Waals surface area (Å²) in [6, 6.07) is 12.0. The number of hydrogen-bond acceptors (Lipinski definition) is 15. The molecule has 3 unspecified atom stereocenters.